The topological polar surface area (TPSA) is 72.9 Å². The lowest BCUT2D eigenvalue weighted by Crippen LogP contribution is -2.45. The smallest absolute Gasteiger partial charge is 0.264 e. The van der Waals surface area contributed by atoms with Crippen LogP contribution in [0.25, 0.3) is 0 Å². The highest BCUT2D eigenvalue weighted by Gasteiger charge is 2.44. The summed E-state index contributed by atoms with van der Waals surface area (Å²) >= 11 is 0. The van der Waals surface area contributed by atoms with Crippen molar-refractivity contribution in [2.75, 3.05) is 24.1 Å². The van der Waals surface area contributed by atoms with Crippen LogP contribution in [0, 0.1) is 25.7 Å². The number of ketones is 1. The predicted molar refractivity (Wildman–Crippen MR) is 136 cm³/mol. The molecule has 35 heavy (non-hydrogen) atoms. The zero-order chi connectivity index (χ0) is 24.7. The molecule has 0 radical (unpaired) electrons. The molecule has 1 saturated heterocycles. The van der Waals surface area contributed by atoms with Gasteiger partial charge in [0.25, 0.3) is 10.0 Å². The van der Waals surface area contributed by atoms with Crippen LogP contribution < -0.4 is 9.04 Å². The molecule has 1 aliphatic carbocycles. The molecule has 188 valence electrons. The summed E-state index contributed by atoms with van der Waals surface area (Å²) in [7, 11) is -3.86. The van der Waals surface area contributed by atoms with Gasteiger partial charge in [0.2, 0.25) is 0 Å². The first kappa shape index (κ1) is 24.3. The number of sulfonamides is 1. The quantitative estimate of drug-likeness (QED) is 0.490. The van der Waals surface area contributed by atoms with E-state index in [1.807, 2.05) is 6.92 Å². The van der Waals surface area contributed by atoms with Crippen molar-refractivity contribution in [2.45, 2.75) is 70.2 Å². The van der Waals surface area contributed by atoms with Gasteiger partial charge in [-0.25, -0.2) is 8.42 Å². The van der Waals surface area contributed by atoms with E-state index in [4.69, 9.17) is 9.47 Å². The number of aryl methyl sites for hydroxylation is 3. The Kier molecular flexibility index (Phi) is 6.66. The van der Waals surface area contributed by atoms with Crippen molar-refractivity contribution < 1.29 is 22.7 Å². The molecule has 0 amide bonds. The second kappa shape index (κ2) is 9.58. The van der Waals surface area contributed by atoms with Gasteiger partial charge < -0.3 is 9.47 Å². The van der Waals surface area contributed by atoms with E-state index in [1.165, 1.54) is 13.0 Å². The Bertz CT molecular complexity index is 1230. The van der Waals surface area contributed by atoms with Crippen molar-refractivity contribution in [3.8, 4) is 5.75 Å². The molecule has 6 nitrogen and oxygen atoms in total. The molecule has 1 saturated carbocycles. The average molecular weight is 498 g/mol. The zero-order valence-corrected chi connectivity index (χ0v) is 21.7. The number of Topliss-reactive ketones (excluding diaryl/α,β-unsaturated/α-hetero) is 1. The number of hydrogen-bond acceptors (Lipinski definition) is 5. The molecular formula is C28H35NO5S. The monoisotopic (exact) mass is 497 g/mol. The second-order valence-electron chi connectivity index (χ2n) is 10.4. The van der Waals surface area contributed by atoms with Crippen molar-refractivity contribution in [1.82, 2.24) is 0 Å². The van der Waals surface area contributed by atoms with Gasteiger partial charge in [0.1, 0.15) is 5.75 Å². The van der Waals surface area contributed by atoms with Crippen molar-refractivity contribution in [3.63, 3.8) is 0 Å². The van der Waals surface area contributed by atoms with E-state index in [1.54, 1.807) is 16.4 Å². The highest BCUT2D eigenvalue weighted by molar-refractivity contribution is 7.92. The Labute approximate surface area is 208 Å². The lowest BCUT2D eigenvalue weighted by molar-refractivity contribution is 0.0495. The summed E-state index contributed by atoms with van der Waals surface area (Å²) in [5, 5.41) is 0. The number of carbonyl (C=O) groups is 1. The van der Waals surface area contributed by atoms with Gasteiger partial charge in [0, 0.05) is 19.3 Å². The van der Waals surface area contributed by atoms with Gasteiger partial charge in [0.05, 0.1) is 22.8 Å². The Balaban J connectivity index is 1.51. The molecule has 3 aliphatic rings. The van der Waals surface area contributed by atoms with Crippen LogP contribution in [0.15, 0.2) is 35.2 Å². The number of carbonyl (C=O) groups excluding carboxylic acids is 1. The SMILES string of the molecule is CC(=O)c1cc(S(=O)(=O)N2c3c(C)cc(C)cc3CCC2C2CC2)ccc1OCC1CCOCC1. The van der Waals surface area contributed by atoms with Crippen LogP contribution in [0.5, 0.6) is 5.75 Å². The lowest BCUT2D eigenvalue weighted by Gasteiger charge is -2.39. The third kappa shape index (κ3) is 4.85. The number of benzene rings is 2. The number of rotatable bonds is 7. The Morgan fingerprint density at radius 2 is 1.80 bits per heavy atom. The number of nitrogens with zero attached hydrogens (tertiary/aromatic N) is 1. The molecule has 1 atom stereocenters. The van der Waals surface area contributed by atoms with Gasteiger partial charge in [-0.15, -0.1) is 0 Å². The first-order valence-electron chi connectivity index (χ1n) is 12.8. The first-order chi connectivity index (χ1) is 16.8. The van der Waals surface area contributed by atoms with E-state index in [0.29, 0.717) is 29.8 Å². The number of anilines is 1. The summed E-state index contributed by atoms with van der Waals surface area (Å²) < 4.78 is 41.5. The normalized spacial score (nSPS) is 21.0. The summed E-state index contributed by atoms with van der Waals surface area (Å²) in [6, 6.07) is 8.90. The van der Waals surface area contributed by atoms with Crippen LogP contribution in [0.2, 0.25) is 0 Å². The van der Waals surface area contributed by atoms with Gasteiger partial charge in [-0.3, -0.25) is 9.10 Å². The molecule has 2 fully saturated rings. The van der Waals surface area contributed by atoms with E-state index < -0.39 is 10.0 Å². The summed E-state index contributed by atoms with van der Waals surface area (Å²) in [6.45, 7) is 7.46. The summed E-state index contributed by atoms with van der Waals surface area (Å²) in [5.41, 5.74) is 4.36. The average Bonchev–Trinajstić information content (AvgIpc) is 3.68. The maximum Gasteiger partial charge on any atom is 0.264 e. The minimum atomic E-state index is -3.86. The minimum absolute atomic E-state index is 0.0425. The number of ether oxygens (including phenoxy) is 2. The van der Waals surface area contributed by atoms with Crippen molar-refractivity contribution >= 4 is 21.5 Å². The van der Waals surface area contributed by atoms with E-state index in [-0.39, 0.29) is 16.7 Å². The summed E-state index contributed by atoms with van der Waals surface area (Å²) in [6.07, 6.45) is 5.70. The minimum Gasteiger partial charge on any atom is -0.493 e. The molecule has 0 spiro atoms. The highest BCUT2D eigenvalue weighted by Crippen LogP contribution is 2.46. The van der Waals surface area contributed by atoms with Crippen molar-refractivity contribution in [1.29, 1.82) is 0 Å². The largest absolute Gasteiger partial charge is 0.493 e. The first-order valence-corrected chi connectivity index (χ1v) is 14.2. The molecule has 5 rings (SSSR count). The van der Waals surface area contributed by atoms with Crippen LogP contribution in [0.3, 0.4) is 0 Å². The predicted octanol–water partition coefficient (Wildman–Crippen LogP) is 5.23. The van der Waals surface area contributed by atoms with Crippen LogP contribution in [0.4, 0.5) is 5.69 Å². The highest BCUT2D eigenvalue weighted by atomic mass is 32.2. The van der Waals surface area contributed by atoms with Gasteiger partial charge >= 0.3 is 0 Å². The Morgan fingerprint density at radius 1 is 1.06 bits per heavy atom. The van der Waals surface area contributed by atoms with Crippen LogP contribution in [-0.4, -0.2) is 40.1 Å². The zero-order valence-electron chi connectivity index (χ0n) is 20.9. The van der Waals surface area contributed by atoms with E-state index >= 15 is 0 Å². The van der Waals surface area contributed by atoms with Gasteiger partial charge in [-0.1, -0.05) is 17.7 Å². The molecule has 2 aliphatic heterocycles. The fourth-order valence-electron chi connectivity index (χ4n) is 5.65. The lowest BCUT2D eigenvalue weighted by atomic mass is 9.92. The molecule has 7 heteroatoms. The van der Waals surface area contributed by atoms with Crippen LogP contribution in [0.1, 0.15) is 66.1 Å². The summed E-state index contributed by atoms with van der Waals surface area (Å²) in [5.74, 6) is 1.02. The molecule has 0 aromatic heterocycles. The van der Waals surface area contributed by atoms with Crippen LogP contribution in [-0.2, 0) is 21.2 Å². The Morgan fingerprint density at radius 3 is 2.49 bits per heavy atom. The van der Waals surface area contributed by atoms with Gasteiger partial charge in [-0.2, -0.15) is 0 Å². The van der Waals surface area contributed by atoms with Crippen molar-refractivity contribution in [3.05, 3.63) is 52.6 Å². The van der Waals surface area contributed by atoms with Crippen LogP contribution >= 0.6 is 0 Å². The summed E-state index contributed by atoms with van der Waals surface area (Å²) in [4.78, 5) is 12.7. The molecule has 0 N–H and O–H groups in total. The van der Waals surface area contributed by atoms with Crippen molar-refractivity contribution in [2.24, 2.45) is 11.8 Å². The maximum absolute atomic E-state index is 14.2. The molecule has 2 aromatic carbocycles. The number of fused-ring (bicyclic) bond motifs is 1. The van der Waals surface area contributed by atoms with Gasteiger partial charge in [-0.05, 0) is 100 Å². The molecule has 0 bridgehead atoms. The maximum atomic E-state index is 14.2. The van der Waals surface area contributed by atoms with E-state index in [9.17, 15) is 13.2 Å². The molecular weight excluding hydrogens is 462 g/mol. The fraction of sp³-hybridized carbons (Fsp3) is 0.536. The Hall–Kier alpha value is -2.38. The third-order valence-electron chi connectivity index (χ3n) is 7.62. The molecule has 2 heterocycles. The fourth-order valence-corrected chi connectivity index (χ4v) is 7.52. The molecule has 2 aromatic rings. The molecule has 1 unspecified atom stereocenters. The third-order valence-corrected chi connectivity index (χ3v) is 9.44. The number of hydrogen-bond donors (Lipinski definition) is 0. The van der Waals surface area contributed by atoms with Gasteiger partial charge in [0.15, 0.2) is 5.78 Å². The second-order valence-corrected chi connectivity index (χ2v) is 12.2. The van der Waals surface area contributed by atoms with E-state index in [2.05, 4.69) is 19.1 Å². The standard InChI is InChI=1S/C28H35NO5S/c1-18-14-19(2)28-23(15-18)6-8-26(22-4-5-22)29(28)35(31,32)24-7-9-27(25(16-24)20(3)30)34-17-21-10-12-33-13-11-21/h7,9,14-16,21-22,26H,4-6,8,10-13,17H2,1-3H3. The van der Waals surface area contributed by atoms with E-state index in [0.717, 1.165) is 74.1 Å².